The maximum Gasteiger partial charge on any atom is 0.336 e. The molecule has 0 saturated carbocycles. The second kappa shape index (κ2) is 8.77. The summed E-state index contributed by atoms with van der Waals surface area (Å²) in [7, 11) is 0. The average Bonchev–Trinajstić information content (AvgIpc) is 2.68. The van der Waals surface area contributed by atoms with Crippen molar-refractivity contribution in [2.75, 3.05) is 26.4 Å². The number of para-hydroxylation sites is 1. The monoisotopic (exact) mass is 362 g/mol. The summed E-state index contributed by atoms with van der Waals surface area (Å²) in [6.07, 6.45) is 0.605. The van der Waals surface area contributed by atoms with Crippen LogP contribution in [-0.2, 0) is 6.42 Å². The second-order valence-electron chi connectivity index (χ2n) is 6.11. The Bertz CT molecular complexity index is 736. The zero-order valence-corrected chi connectivity index (χ0v) is 14.1. The van der Waals surface area contributed by atoms with Crippen LogP contribution in [0, 0.1) is 5.41 Å². The molecular weight excluding hydrogens is 340 g/mol. The molecule has 0 fully saturated rings. The van der Waals surface area contributed by atoms with Crippen LogP contribution >= 0.6 is 0 Å². The summed E-state index contributed by atoms with van der Waals surface area (Å²) in [5.41, 5.74) is 0.976. The van der Waals surface area contributed by atoms with Gasteiger partial charge in [-0.2, -0.15) is 0 Å². The smallest absolute Gasteiger partial charge is 0.336 e. The van der Waals surface area contributed by atoms with Gasteiger partial charge in [0.05, 0.1) is 37.4 Å². The molecule has 7 nitrogen and oxygen atoms in total. The van der Waals surface area contributed by atoms with E-state index >= 15 is 0 Å². The molecule has 0 aliphatic carbocycles. The predicted octanol–water partition coefficient (Wildman–Crippen LogP) is 1.02. The molecule has 0 radical (unpaired) electrons. The lowest BCUT2D eigenvalue weighted by atomic mass is 9.93. The van der Waals surface area contributed by atoms with Gasteiger partial charge < -0.3 is 30.3 Å². The molecule has 0 spiro atoms. The van der Waals surface area contributed by atoms with Gasteiger partial charge in [0.15, 0.2) is 0 Å². The number of ether oxygens (including phenoxy) is 1. The molecule has 5 N–H and O–H groups in total. The normalized spacial score (nSPS) is 12.2. The summed E-state index contributed by atoms with van der Waals surface area (Å²) in [4.78, 5) is 11.1. The molecular formula is C19H22O7. The molecule has 1 heterocycles. The van der Waals surface area contributed by atoms with Crippen LogP contribution < -0.4 is 4.74 Å². The molecule has 2 aromatic carbocycles. The van der Waals surface area contributed by atoms with E-state index in [1.54, 1.807) is 18.2 Å². The van der Waals surface area contributed by atoms with Gasteiger partial charge in [0.25, 0.3) is 0 Å². The lowest BCUT2D eigenvalue weighted by molar-refractivity contribution is -0.0328. The van der Waals surface area contributed by atoms with Crippen LogP contribution in [0.5, 0.6) is 11.5 Å². The molecule has 2 aromatic rings. The molecule has 0 amide bonds. The van der Waals surface area contributed by atoms with Crippen LogP contribution in [0.2, 0.25) is 0 Å². The first-order valence-corrected chi connectivity index (χ1v) is 8.04. The van der Waals surface area contributed by atoms with Crippen molar-refractivity contribution >= 4 is 5.97 Å². The molecule has 3 rings (SSSR count). The fraction of sp³-hybridized carbons (Fsp3) is 0.316. The van der Waals surface area contributed by atoms with Crippen molar-refractivity contribution in [3.63, 3.8) is 0 Å². The molecule has 0 aromatic heterocycles. The first-order chi connectivity index (χ1) is 12.5. The summed E-state index contributed by atoms with van der Waals surface area (Å²) >= 11 is 0. The van der Waals surface area contributed by atoms with Gasteiger partial charge in [-0.15, -0.1) is 0 Å². The quantitative estimate of drug-likeness (QED) is 0.458. The van der Waals surface area contributed by atoms with E-state index < -0.39 is 37.8 Å². The highest BCUT2D eigenvalue weighted by atomic mass is 16.5. The van der Waals surface area contributed by atoms with Crippen molar-refractivity contribution < 1.29 is 35.1 Å². The number of aliphatic hydroxyl groups is 4. The maximum atomic E-state index is 11.1. The number of hydrogen-bond donors (Lipinski definition) is 5. The van der Waals surface area contributed by atoms with Crippen LogP contribution in [0.4, 0.5) is 0 Å². The summed E-state index contributed by atoms with van der Waals surface area (Å²) in [5.74, 6) is 0.538. The van der Waals surface area contributed by atoms with Crippen molar-refractivity contribution in [2.24, 2.45) is 5.41 Å². The van der Waals surface area contributed by atoms with Crippen LogP contribution in [0.1, 0.15) is 21.5 Å². The van der Waals surface area contributed by atoms with Gasteiger partial charge in [-0.1, -0.05) is 24.3 Å². The molecule has 0 bridgehead atoms. The van der Waals surface area contributed by atoms with E-state index in [4.69, 9.17) is 30.3 Å². The summed E-state index contributed by atoms with van der Waals surface area (Å²) < 4.78 is 5.70. The molecule has 140 valence electrons. The standard InChI is InChI=1S/C14H10O3.C5H12O4/c15-14(16)10-5-3-7-13-11(10)8-9-4-1-2-6-12(9)17-13;6-1-5(2-7,3-8)4-9/h1-7H,8H2,(H,15,16);6-9H,1-4H2. The molecule has 0 saturated heterocycles. The van der Waals surface area contributed by atoms with Gasteiger partial charge in [-0.05, 0) is 23.8 Å². The van der Waals surface area contributed by atoms with E-state index in [-0.39, 0.29) is 0 Å². The number of rotatable bonds is 5. The highest BCUT2D eigenvalue weighted by Crippen LogP contribution is 2.37. The fourth-order valence-electron chi connectivity index (χ4n) is 2.40. The van der Waals surface area contributed by atoms with Crippen LogP contribution in [0.25, 0.3) is 0 Å². The minimum atomic E-state index is -1.11. The maximum absolute atomic E-state index is 11.1. The lowest BCUT2D eigenvalue weighted by Gasteiger charge is -2.23. The number of hydrogen-bond acceptors (Lipinski definition) is 6. The molecule has 7 heteroatoms. The SMILES string of the molecule is O=C(O)c1cccc2c1Cc1ccccc1O2.OCC(CO)(CO)CO. The third-order valence-electron chi connectivity index (χ3n) is 4.26. The number of carbonyl (C=O) groups is 1. The number of aliphatic hydroxyl groups excluding tert-OH is 4. The van der Waals surface area contributed by atoms with Gasteiger partial charge in [0.2, 0.25) is 0 Å². The number of benzene rings is 2. The van der Waals surface area contributed by atoms with Crippen molar-refractivity contribution in [1.82, 2.24) is 0 Å². The number of carboxylic acids is 1. The van der Waals surface area contributed by atoms with Gasteiger partial charge in [0.1, 0.15) is 11.5 Å². The fourth-order valence-corrected chi connectivity index (χ4v) is 2.40. The Labute approximate surface area is 150 Å². The van der Waals surface area contributed by atoms with Crippen LogP contribution in [0.15, 0.2) is 42.5 Å². The Balaban J connectivity index is 0.000000232. The zero-order chi connectivity index (χ0) is 19.2. The third kappa shape index (κ3) is 4.20. The van der Waals surface area contributed by atoms with Crippen molar-refractivity contribution in [1.29, 1.82) is 0 Å². The Hall–Kier alpha value is -2.45. The number of fused-ring (bicyclic) bond motifs is 2. The molecule has 0 unspecified atom stereocenters. The van der Waals surface area contributed by atoms with E-state index in [1.807, 2.05) is 24.3 Å². The first kappa shape index (κ1) is 19.9. The highest BCUT2D eigenvalue weighted by molar-refractivity contribution is 5.90. The van der Waals surface area contributed by atoms with Crippen molar-refractivity contribution in [3.05, 3.63) is 59.2 Å². The molecule has 1 aliphatic heterocycles. The van der Waals surface area contributed by atoms with E-state index in [0.29, 0.717) is 17.7 Å². The largest absolute Gasteiger partial charge is 0.478 e. The Morgan fingerprint density at radius 1 is 0.885 bits per heavy atom. The Morgan fingerprint density at radius 3 is 2.00 bits per heavy atom. The van der Waals surface area contributed by atoms with Gasteiger partial charge >= 0.3 is 5.97 Å². The summed E-state index contributed by atoms with van der Waals surface area (Å²) in [6, 6.07) is 12.8. The predicted molar refractivity (Wildman–Crippen MR) is 93.5 cm³/mol. The summed E-state index contributed by atoms with van der Waals surface area (Å²) in [5, 5.41) is 43.1. The molecule has 26 heavy (non-hydrogen) atoms. The van der Waals surface area contributed by atoms with Crippen LogP contribution in [-0.4, -0.2) is 57.9 Å². The second-order valence-corrected chi connectivity index (χ2v) is 6.11. The van der Waals surface area contributed by atoms with Crippen molar-refractivity contribution in [3.8, 4) is 11.5 Å². The summed E-state index contributed by atoms with van der Waals surface area (Å²) in [6.45, 7) is -1.62. The van der Waals surface area contributed by atoms with Gasteiger partial charge in [-0.3, -0.25) is 0 Å². The first-order valence-electron chi connectivity index (χ1n) is 8.04. The minimum Gasteiger partial charge on any atom is -0.478 e. The van der Waals surface area contributed by atoms with Crippen molar-refractivity contribution in [2.45, 2.75) is 6.42 Å². The number of aromatic carboxylic acids is 1. The van der Waals surface area contributed by atoms with Gasteiger partial charge in [0, 0.05) is 12.0 Å². The van der Waals surface area contributed by atoms with E-state index in [2.05, 4.69) is 0 Å². The molecule has 1 aliphatic rings. The zero-order valence-electron chi connectivity index (χ0n) is 14.1. The Morgan fingerprint density at radius 2 is 1.46 bits per heavy atom. The molecule has 0 atom stereocenters. The van der Waals surface area contributed by atoms with Crippen LogP contribution in [0.3, 0.4) is 0 Å². The van der Waals surface area contributed by atoms with E-state index in [0.717, 1.165) is 16.9 Å². The van der Waals surface area contributed by atoms with E-state index in [9.17, 15) is 4.79 Å². The Kier molecular flexibility index (Phi) is 6.70. The van der Waals surface area contributed by atoms with Gasteiger partial charge in [-0.25, -0.2) is 4.79 Å². The van der Waals surface area contributed by atoms with E-state index in [1.165, 1.54) is 0 Å². The highest BCUT2D eigenvalue weighted by Gasteiger charge is 2.26. The number of carboxylic acid groups (broad SMARTS) is 1. The topological polar surface area (TPSA) is 127 Å². The lowest BCUT2D eigenvalue weighted by Crippen LogP contribution is -2.37. The average molecular weight is 362 g/mol. The third-order valence-corrected chi connectivity index (χ3v) is 4.26. The minimum absolute atomic E-state index is 0.317.